The summed E-state index contributed by atoms with van der Waals surface area (Å²) < 4.78 is 34.1. The maximum absolute atomic E-state index is 12.3. The summed E-state index contributed by atoms with van der Waals surface area (Å²) in [7, 11) is -1.76. The van der Waals surface area contributed by atoms with Crippen molar-refractivity contribution in [3.63, 3.8) is 0 Å². The van der Waals surface area contributed by atoms with Crippen LogP contribution in [0.3, 0.4) is 0 Å². The molecule has 1 aliphatic heterocycles. The Labute approximate surface area is 122 Å². The molecule has 7 heteroatoms. The van der Waals surface area contributed by atoms with Crippen molar-refractivity contribution < 1.29 is 13.2 Å². The number of nitrogens with one attached hydrogen (secondary N) is 2. The molecule has 2 aliphatic rings. The van der Waals surface area contributed by atoms with Crippen molar-refractivity contribution in [2.75, 3.05) is 33.4 Å². The van der Waals surface area contributed by atoms with Crippen molar-refractivity contribution in [2.24, 2.45) is 0 Å². The molecule has 6 nitrogen and oxygen atoms in total. The highest BCUT2D eigenvalue weighted by Crippen LogP contribution is 2.21. The minimum absolute atomic E-state index is 0.377. The predicted octanol–water partition coefficient (Wildman–Crippen LogP) is 0.464. The molecule has 0 unspecified atom stereocenters. The smallest absolute Gasteiger partial charge is 0.279 e. The second kappa shape index (κ2) is 6.70. The molecule has 0 bridgehead atoms. The van der Waals surface area contributed by atoms with E-state index in [9.17, 15) is 8.42 Å². The van der Waals surface area contributed by atoms with E-state index in [0.717, 1.165) is 25.8 Å². The summed E-state index contributed by atoms with van der Waals surface area (Å²) in [6.45, 7) is 4.62. The molecule has 1 aliphatic carbocycles. The van der Waals surface area contributed by atoms with Gasteiger partial charge in [0.1, 0.15) is 0 Å². The molecule has 2 N–H and O–H groups in total. The maximum atomic E-state index is 12.3. The van der Waals surface area contributed by atoms with Gasteiger partial charge in [-0.2, -0.15) is 17.4 Å². The third kappa shape index (κ3) is 4.96. The molecular weight excluding hydrogens is 278 g/mol. The van der Waals surface area contributed by atoms with Gasteiger partial charge in [0.15, 0.2) is 0 Å². The van der Waals surface area contributed by atoms with Crippen LogP contribution in [0.2, 0.25) is 0 Å². The van der Waals surface area contributed by atoms with E-state index >= 15 is 0 Å². The van der Waals surface area contributed by atoms with Gasteiger partial charge in [0.25, 0.3) is 10.2 Å². The molecule has 2 fully saturated rings. The van der Waals surface area contributed by atoms with Crippen LogP contribution in [-0.2, 0) is 14.9 Å². The zero-order valence-electron chi connectivity index (χ0n) is 12.5. The first-order chi connectivity index (χ1) is 9.41. The first-order valence-corrected chi connectivity index (χ1v) is 8.92. The second-order valence-electron chi connectivity index (χ2n) is 6.18. The van der Waals surface area contributed by atoms with E-state index in [1.807, 2.05) is 6.92 Å². The Bertz CT molecular complexity index is 403. The first kappa shape index (κ1) is 16.2. The van der Waals surface area contributed by atoms with E-state index in [0.29, 0.717) is 25.8 Å². The molecule has 0 spiro atoms. The maximum Gasteiger partial charge on any atom is 0.279 e. The SMILES string of the molecule is CN(CCCNC1CC1)S(=O)(=O)NC1(C)CCOCC1. The van der Waals surface area contributed by atoms with Gasteiger partial charge in [0, 0.05) is 38.4 Å². The van der Waals surface area contributed by atoms with Gasteiger partial charge in [-0.15, -0.1) is 0 Å². The Kier molecular flexibility index (Phi) is 5.42. The van der Waals surface area contributed by atoms with Crippen LogP contribution in [0.4, 0.5) is 0 Å². The average molecular weight is 305 g/mol. The van der Waals surface area contributed by atoms with Crippen LogP contribution < -0.4 is 10.0 Å². The Morgan fingerprint density at radius 2 is 1.95 bits per heavy atom. The van der Waals surface area contributed by atoms with Gasteiger partial charge in [-0.05, 0) is 45.6 Å². The Balaban J connectivity index is 1.75. The normalized spacial score (nSPS) is 23.1. The quantitative estimate of drug-likeness (QED) is 0.639. The minimum atomic E-state index is -3.40. The lowest BCUT2D eigenvalue weighted by Crippen LogP contribution is -2.53. The van der Waals surface area contributed by atoms with Gasteiger partial charge in [-0.25, -0.2) is 0 Å². The number of hydrogen-bond donors (Lipinski definition) is 2. The molecule has 0 aromatic rings. The van der Waals surface area contributed by atoms with Gasteiger partial charge < -0.3 is 10.1 Å². The van der Waals surface area contributed by atoms with Gasteiger partial charge in [0.2, 0.25) is 0 Å². The molecule has 2 rings (SSSR count). The van der Waals surface area contributed by atoms with Crippen molar-refractivity contribution >= 4 is 10.2 Å². The molecule has 0 radical (unpaired) electrons. The van der Waals surface area contributed by atoms with Crippen LogP contribution in [0.1, 0.15) is 39.0 Å². The van der Waals surface area contributed by atoms with Crippen LogP contribution >= 0.6 is 0 Å². The minimum Gasteiger partial charge on any atom is -0.381 e. The standard InChI is InChI=1S/C13H27N3O3S/c1-13(6-10-19-11-7-13)15-20(17,18)16(2)9-3-8-14-12-4-5-12/h12,14-15H,3-11H2,1-2H3. The van der Waals surface area contributed by atoms with Crippen LogP contribution in [0.25, 0.3) is 0 Å². The number of rotatable bonds is 8. The van der Waals surface area contributed by atoms with Crippen molar-refractivity contribution in [3.8, 4) is 0 Å². The third-order valence-corrected chi connectivity index (χ3v) is 5.80. The zero-order chi connectivity index (χ0) is 14.6. The van der Waals surface area contributed by atoms with E-state index in [2.05, 4.69) is 10.0 Å². The van der Waals surface area contributed by atoms with E-state index in [1.165, 1.54) is 17.1 Å². The van der Waals surface area contributed by atoms with E-state index in [1.54, 1.807) is 7.05 Å². The average Bonchev–Trinajstić information content (AvgIpc) is 3.18. The van der Waals surface area contributed by atoms with Crippen LogP contribution in [0, 0.1) is 0 Å². The number of ether oxygens (including phenoxy) is 1. The van der Waals surface area contributed by atoms with Crippen molar-refractivity contribution in [3.05, 3.63) is 0 Å². The highest BCUT2D eigenvalue weighted by molar-refractivity contribution is 7.87. The van der Waals surface area contributed by atoms with Gasteiger partial charge in [0.05, 0.1) is 0 Å². The summed E-state index contributed by atoms with van der Waals surface area (Å²) in [6.07, 6.45) is 4.81. The Morgan fingerprint density at radius 1 is 1.30 bits per heavy atom. The lowest BCUT2D eigenvalue weighted by molar-refractivity contribution is 0.0532. The second-order valence-corrected chi connectivity index (χ2v) is 7.96. The number of hydrogen-bond acceptors (Lipinski definition) is 4. The lowest BCUT2D eigenvalue weighted by atomic mass is 9.94. The molecule has 0 amide bonds. The van der Waals surface area contributed by atoms with Crippen molar-refractivity contribution in [2.45, 2.75) is 50.6 Å². The summed E-state index contributed by atoms with van der Waals surface area (Å²) >= 11 is 0. The molecule has 0 aromatic carbocycles. The molecule has 0 atom stereocenters. The van der Waals surface area contributed by atoms with E-state index < -0.39 is 10.2 Å². The van der Waals surface area contributed by atoms with Crippen LogP contribution in [0.5, 0.6) is 0 Å². The molecular formula is C13H27N3O3S. The molecule has 118 valence electrons. The summed E-state index contributed by atoms with van der Waals surface area (Å²) in [5, 5.41) is 3.39. The monoisotopic (exact) mass is 305 g/mol. The molecule has 1 heterocycles. The molecule has 20 heavy (non-hydrogen) atoms. The summed E-state index contributed by atoms with van der Waals surface area (Å²) in [4.78, 5) is 0. The fourth-order valence-electron chi connectivity index (χ4n) is 2.33. The summed E-state index contributed by atoms with van der Waals surface area (Å²) in [5.74, 6) is 0. The summed E-state index contributed by atoms with van der Waals surface area (Å²) in [6, 6.07) is 0.677. The van der Waals surface area contributed by atoms with E-state index in [-0.39, 0.29) is 5.54 Å². The highest BCUT2D eigenvalue weighted by Gasteiger charge is 2.33. The fourth-order valence-corrected chi connectivity index (χ4v) is 3.68. The Hall–Kier alpha value is -0.210. The van der Waals surface area contributed by atoms with Gasteiger partial charge in [-0.3, -0.25) is 0 Å². The predicted molar refractivity (Wildman–Crippen MR) is 78.8 cm³/mol. The van der Waals surface area contributed by atoms with E-state index in [4.69, 9.17) is 4.74 Å². The van der Waals surface area contributed by atoms with Crippen molar-refractivity contribution in [1.29, 1.82) is 0 Å². The van der Waals surface area contributed by atoms with Crippen LogP contribution in [-0.4, -0.2) is 57.7 Å². The molecule has 1 saturated carbocycles. The number of nitrogens with zero attached hydrogens (tertiary/aromatic N) is 1. The fraction of sp³-hybridized carbons (Fsp3) is 1.00. The molecule has 0 aromatic heterocycles. The third-order valence-electron chi connectivity index (χ3n) is 4.04. The lowest BCUT2D eigenvalue weighted by Gasteiger charge is -2.35. The molecule has 1 saturated heterocycles. The van der Waals surface area contributed by atoms with Gasteiger partial charge >= 0.3 is 0 Å². The largest absolute Gasteiger partial charge is 0.381 e. The van der Waals surface area contributed by atoms with Crippen LogP contribution in [0.15, 0.2) is 0 Å². The first-order valence-electron chi connectivity index (χ1n) is 7.48. The highest BCUT2D eigenvalue weighted by atomic mass is 32.2. The van der Waals surface area contributed by atoms with Gasteiger partial charge in [-0.1, -0.05) is 0 Å². The zero-order valence-corrected chi connectivity index (χ0v) is 13.3. The van der Waals surface area contributed by atoms with Crippen molar-refractivity contribution in [1.82, 2.24) is 14.3 Å². The topological polar surface area (TPSA) is 70.7 Å². The summed E-state index contributed by atoms with van der Waals surface area (Å²) in [5.41, 5.74) is -0.377. The Morgan fingerprint density at radius 3 is 2.55 bits per heavy atom.